The minimum Gasteiger partial charge on any atom is -0.491 e. The molecule has 0 saturated carbocycles. The van der Waals surface area contributed by atoms with Crippen molar-refractivity contribution in [3.63, 3.8) is 0 Å². The SMILES string of the molecule is C=CC[C@@H]1C[C@@H](COc2ccc(-c3ccc(C(=N)N)cc3)cc2)NC1=O.Cl. The standard InChI is InChI=1S/C21H23N3O2.ClH/c1-2-3-17-12-18(24-21(17)25)13-26-19-10-8-15(9-11-19)14-4-6-16(7-5-14)20(22)23;/h2,4-11,17-18H,1,3,12-13H2,(H3,22,23)(H,24,25);1H/t17-,18+;/m1./s1. The van der Waals surface area contributed by atoms with Gasteiger partial charge in [0.05, 0.1) is 6.04 Å². The predicted octanol–water partition coefficient (Wildman–Crippen LogP) is 3.52. The van der Waals surface area contributed by atoms with Crippen LogP contribution in [-0.2, 0) is 4.79 Å². The number of rotatable bonds is 7. The Bertz CT molecular complexity index is 803. The van der Waals surface area contributed by atoms with Crippen molar-refractivity contribution in [2.24, 2.45) is 11.7 Å². The lowest BCUT2D eigenvalue weighted by molar-refractivity contribution is -0.122. The molecular weight excluding hydrogens is 362 g/mol. The number of allylic oxidation sites excluding steroid dienone is 1. The average Bonchev–Trinajstić information content (AvgIpc) is 3.00. The summed E-state index contributed by atoms with van der Waals surface area (Å²) in [7, 11) is 0. The Morgan fingerprint density at radius 1 is 1.19 bits per heavy atom. The number of benzene rings is 2. The molecule has 0 radical (unpaired) electrons. The van der Waals surface area contributed by atoms with E-state index in [9.17, 15) is 4.79 Å². The van der Waals surface area contributed by atoms with Gasteiger partial charge in [-0.25, -0.2) is 0 Å². The van der Waals surface area contributed by atoms with E-state index in [4.69, 9.17) is 15.9 Å². The van der Waals surface area contributed by atoms with Crippen LogP contribution in [0.3, 0.4) is 0 Å². The Morgan fingerprint density at radius 3 is 2.33 bits per heavy atom. The first-order valence-electron chi connectivity index (χ1n) is 8.66. The number of carbonyl (C=O) groups excluding carboxylic acids is 1. The molecule has 6 heteroatoms. The quantitative estimate of drug-likeness (QED) is 0.387. The molecule has 0 bridgehead atoms. The van der Waals surface area contributed by atoms with Crippen molar-refractivity contribution in [1.82, 2.24) is 5.32 Å². The van der Waals surface area contributed by atoms with Crippen molar-refractivity contribution < 1.29 is 9.53 Å². The number of carbonyl (C=O) groups is 1. The summed E-state index contributed by atoms with van der Waals surface area (Å²) in [5.41, 5.74) is 8.30. The van der Waals surface area contributed by atoms with Crippen molar-refractivity contribution in [2.45, 2.75) is 18.9 Å². The lowest BCUT2D eigenvalue weighted by atomic mass is 10.0. The minimum atomic E-state index is 0. The molecule has 1 heterocycles. The van der Waals surface area contributed by atoms with Gasteiger partial charge in [-0.2, -0.15) is 0 Å². The van der Waals surface area contributed by atoms with E-state index in [0.717, 1.165) is 23.3 Å². The zero-order valence-corrected chi connectivity index (χ0v) is 15.8. The summed E-state index contributed by atoms with van der Waals surface area (Å²) < 4.78 is 5.82. The molecule has 27 heavy (non-hydrogen) atoms. The number of nitrogens with two attached hydrogens (primary N) is 1. The first-order chi connectivity index (χ1) is 12.6. The summed E-state index contributed by atoms with van der Waals surface area (Å²) in [6.07, 6.45) is 3.28. The predicted molar refractivity (Wildman–Crippen MR) is 110 cm³/mol. The average molecular weight is 386 g/mol. The number of nitrogens with one attached hydrogen (secondary N) is 2. The summed E-state index contributed by atoms with van der Waals surface area (Å²) in [6.45, 7) is 4.16. The van der Waals surface area contributed by atoms with Crippen molar-refractivity contribution in [1.29, 1.82) is 5.41 Å². The maximum absolute atomic E-state index is 11.8. The number of ether oxygens (including phenoxy) is 1. The van der Waals surface area contributed by atoms with Gasteiger partial charge in [-0.3, -0.25) is 10.2 Å². The molecule has 1 saturated heterocycles. The van der Waals surface area contributed by atoms with Gasteiger partial charge in [0.2, 0.25) is 5.91 Å². The highest BCUT2D eigenvalue weighted by atomic mass is 35.5. The molecule has 2 aromatic rings. The lowest BCUT2D eigenvalue weighted by Gasteiger charge is -2.12. The monoisotopic (exact) mass is 385 g/mol. The highest BCUT2D eigenvalue weighted by molar-refractivity contribution is 5.95. The van der Waals surface area contributed by atoms with E-state index in [-0.39, 0.29) is 36.1 Å². The molecule has 4 N–H and O–H groups in total. The summed E-state index contributed by atoms with van der Waals surface area (Å²) in [5, 5.41) is 10.4. The fourth-order valence-electron chi connectivity index (χ4n) is 3.13. The molecule has 2 aromatic carbocycles. The fourth-order valence-corrected chi connectivity index (χ4v) is 3.13. The van der Waals surface area contributed by atoms with Gasteiger partial charge in [-0.15, -0.1) is 19.0 Å². The highest BCUT2D eigenvalue weighted by Crippen LogP contribution is 2.24. The minimum absolute atomic E-state index is 0. The third-order valence-electron chi connectivity index (χ3n) is 4.57. The molecular formula is C21H24ClN3O2. The largest absolute Gasteiger partial charge is 0.491 e. The second-order valence-corrected chi connectivity index (χ2v) is 6.49. The van der Waals surface area contributed by atoms with Crippen molar-refractivity contribution >= 4 is 24.1 Å². The lowest BCUT2D eigenvalue weighted by Crippen LogP contribution is -2.31. The number of amidine groups is 1. The van der Waals surface area contributed by atoms with Gasteiger partial charge in [-0.05, 0) is 36.1 Å². The Labute approximate surface area is 165 Å². The van der Waals surface area contributed by atoms with Gasteiger partial charge in [0.25, 0.3) is 0 Å². The summed E-state index contributed by atoms with van der Waals surface area (Å²) in [5.74, 6) is 0.939. The molecule has 1 amide bonds. The Morgan fingerprint density at radius 2 is 1.78 bits per heavy atom. The maximum Gasteiger partial charge on any atom is 0.223 e. The van der Waals surface area contributed by atoms with Crippen molar-refractivity contribution in [2.75, 3.05) is 6.61 Å². The van der Waals surface area contributed by atoms with Gasteiger partial charge < -0.3 is 15.8 Å². The number of hydrogen-bond acceptors (Lipinski definition) is 3. The number of halogens is 1. The van der Waals surface area contributed by atoms with Crippen LogP contribution in [0.2, 0.25) is 0 Å². The summed E-state index contributed by atoms with van der Waals surface area (Å²) in [4.78, 5) is 11.8. The zero-order chi connectivity index (χ0) is 18.5. The first kappa shape index (κ1) is 20.5. The third-order valence-corrected chi connectivity index (χ3v) is 4.57. The van der Waals surface area contributed by atoms with Gasteiger partial charge in [0.1, 0.15) is 18.2 Å². The molecule has 1 aliphatic rings. The van der Waals surface area contributed by atoms with E-state index in [1.54, 1.807) is 6.08 Å². The summed E-state index contributed by atoms with van der Waals surface area (Å²) >= 11 is 0. The highest BCUT2D eigenvalue weighted by Gasteiger charge is 2.31. The fraction of sp³-hybridized carbons (Fsp3) is 0.238. The first-order valence-corrected chi connectivity index (χ1v) is 8.66. The molecule has 0 aromatic heterocycles. The molecule has 5 nitrogen and oxygen atoms in total. The van der Waals surface area contributed by atoms with Gasteiger partial charge in [0, 0.05) is 11.5 Å². The third kappa shape index (κ3) is 5.11. The topological polar surface area (TPSA) is 88.2 Å². The van der Waals surface area contributed by atoms with Crippen molar-refractivity contribution in [3.8, 4) is 16.9 Å². The second kappa shape index (κ2) is 9.24. The van der Waals surface area contributed by atoms with Gasteiger partial charge in [-0.1, -0.05) is 42.5 Å². The molecule has 142 valence electrons. The van der Waals surface area contributed by atoms with E-state index >= 15 is 0 Å². The molecule has 1 fully saturated rings. The van der Waals surface area contributed by atoms with Crippen LogP contribution in [0.25, 0.3) is 11.1 Å². The number of amides is 1. The van der Waals surface area contributed by atoms with E-state index in [1.165, 1.54) is 0 Å². The van der Waals surface area contributed by atoms with Crippen LogP contribution < -0.4 is 15.8 Å². The smallest absolute Gasteiger partial charge is 0.223 e. The van der Waals surface area contributed by atoms with Gasteiger partial charge >= 0.3 is 0 Å². The number of nitrogen functional groups attached to an aromatic ring is 1. The Kier molecular flexibility index (Phi) is 7.02. The zero-order valence-electron chi connectivity index (χ0n) is 15.0. The van der Waals surface area contributed by atoms with Crippen LogP contribution in [0, 0.1) is 11.3 Å². The molecule has 1 aliphatic heterocycles. The Balaban J connectivity index is 0.00000261. The van der Waals surface area contributed by atoms with Crippen LogP contribution >= 0.6 is 12.4 Å². The van der Waals surface area contributed by atoms with Crippen molar-refractivity contribution in [3.05, 3.63) is 66.7 Å². The number of hydrogen-bond donors (Lipinski definition) is 3. The van der Waals surface area contributed by atoms with Gasteiger partial charge in [0.15, 0.2) is 0 Å². The van der Waals surface area contributed by atoms with E-state index in [2.05, 4.69) is 11.9 Å². The molecule has 0 spiro atoms. The molecule has 0 aliphatic carbocycles. The van der Waals surface area contributed by atoms with Crippen LogP contribution in [0.5, 0.6) is 5.75 Å². The normalized spacial score (nSPS) is 18.3. The van der Waals surface area contributed by atoms with Crippen LogP contribution in [0.1, 0.15) is 18.4 Å². The molecule has 3 rings (SSSR count). The van der Waals surface area contributed by atoms with Crippen LogP contribution in [0.4, 0.5) is 0 Å². The maximum atomic E-state index is 11.8. The summed E-state index contributed by atoms with van der Waals surface area (Å²) in [6, 6.07) is 15.4. The molecule has 0 unspecified atom stereocenters. The van der Waals surface area contributed by atoms with E-state index in [1.807, 2.05) is 48.5 Å². The van der Waals surface area contributed by atoms with E-state index in [0.29, 0.717) is 18.6 Å². The Hall–Kier alpha value is -2.79. The van der Waals surface area contributed by atoms with Crippen LogP contribution in [-0.4, -0.2) is 24.4 Å². The second-order valence-electron chi connectivity index (χ2n) is 6.49. The molecule has 2 atom stereocenters. The van der Waals surface area contributed by atoms with E-state index < -0.39 is 0 Å². The van der Waals surface area contributed by atoms with Crippen LogP contribution in [0.15, 0.2) is 61.2 Å².